The number of nitriles is 1. The van der Waals surface area contributed by atoms with E-state index in [2.05, 4.69) is 18.3 Å². The normalized spacial score (nSPS) is 28.9. The number of carbonyl (C=O) groups is 1. The van der Waals surface area contributed by atoms with Crippen molar-refractivity contribution in [1.29, 1.82) is 5.26 Å². The van der Waals surface area contributed by atoms with E-state index in [1.165, 1.54) is 19.3 Å². The Kier molecular flexibility index (Phi) is 4.35. The summed E-state index contributed by atoms with van der Waals surface area (Å²) in [6, 6.07) is 2.38. The van der Waals surface area contributed by atoms with Crippen LogP contribution in [-0.2, 0) is 4.79 Å². The van der Waals surface area contributed by atoms with Crippen LogP contribution in [0, 0.1) is 22.7 Å². The predicted octanol–water partition coefficient (Wildman–Crippen LogP) is 2.62. The molecule has 0 bridgehead atoms. The number of carbonyl (C=O) groups excluding carboxylic acids is 1. The number of rotatable bonds is 3. The van der Waals surface area contributed by atoms with E-state index in [-0.39, 0.29) is 11.9 Å². The van der Waals surface area contributed by atoms with Crippen molar-refractivity contribution in [1.82, 2.24) is 5.32 Å². The van der Waals surface area contributed by atoms with Crippen molar-refractivity contribution in [2.45, 2.75) is 58.9 Å². The van der Waals surface area contributed by atoms with Crippen molar-refractivity contribution < 1.29 is 4.79 Å². The van der Waals surface area contributed by atoms with Crippen molar-refractivity contribution in [2.75, 3.05) is 0 Å². The molecule has 0 aromatic heterocycles. The smallest absolute Gasteiger partial charge is 0.240 e. The van der Waals surface area contributed by atoms with Crippen LogP contribution >= 0.6 is 0 Å². The van der Waals surface area contributed by atoms with Crippen molar-refractivity contribution >= 4 is 5.91 Å². The summed E-state index contributed by atoms with van der Waals surface area (Å²) >= 11 is 0. The highest BCUT2D eigenvalue weighted by atomic mass is 16.2. The first kappa shape index (κ1) is 13.0. The summed E-state index contributed by atoms with van der Waals surface area (Å²) in [6.07, 6.45) is 5.25. The fraction of sp³-hybridized carbons (Fsp3) is 0.846. The first-order valence-corrected chi connectivity index (χ1v) is 6.25. The molecule has 0 saturated heterocycles. The van der Waals surface area contributed by atoms with Crippen molar-refractivity contribution in [2.24, 2.45) is 11.3 Å². The Labute approximate surface area is 98.2 Å². The summed E-state index contributed by atoms with van der Waals surface area (Å²) < 4.78 is 0. The van der Waals surface area contributed by atoms with Crippen LogP contribution in [0.1, 0.15) is 52.9 Å². The highest BCUT2D eigenvalue weighted by Crippen LogP contribution is 2.26. The van der Waals surface area contributed by atoms with Gasteiger partial charge in [0.1, 0.15) is 5.41 Å². The lowest BCUT2D eigenvalue weighted by atomic mass is 9.83. The number of nitrogens with zero attached hydrogens (tertiary/aromatic N) is 1. The molecule has 90 valence electrons. The fourth-order valence-corrected chi connectivity index (χ4v) is 2.15. The highest BCUT2D eigenvalue weighted by Gasteiger charge is 2.34. The zero-order valence-electron chi connectivity index (χ0n) is 10.5. The first-order valence-electron chi connectivity index (χ1n) is 6.25. The maximum absolute atomic E-state index is 12.0. The SMILES string of the molecule is CCC(C)(C#N)C(=O)NC1CCCCC1C. The van der Waals surface area contributed by atoms with E-state index in [9.17, 15) is 4.79 Å². The fourth-order valence-electron chi connectivity index (χ4n) is 2.15. The van der Waals surface area contributed by atoms with Gasteiger partial charge < -0.3 is 5.32 Å². The lowest BCUT2D eigenvalue weighted by Crippen LogP contribution is -2.47. The van der Waals surface area contributed by atoms with Gasteiger partial charge in [-0.25, -0.2) is 0 Å². The van der Waals surface area contributed by atoms with Gasteiger partial charge in [-0.1, -0.05) is 26.7 Å². The van der Waals surface area contributed by atoms with Crippen LogP contribution in [0.4, 0.5) is 0 Å². The highest BCUT2D eigenvalue weighted by molar-refractivity contribution is 5.85. The second-order valence-electron chi connectivity index (χ2n) is 5.14. The maximum Gasteiger partial charge on any atom is 0.240 e. The Bertz CT molecular complexity index is 295. The van der Waals surface area contributed by atoms with Gasteiger partial charge in [0, 0.05) is 6.04 Å². The summed E-state index contributed by atoms with van der Waals surface area (Å²) in [5.41, 5.74) is -0.864. The van der Waals surface area contributed by atoms with Crippen molar-refractivity contribution in [3.8, 4) is 6.07 Å². The minimum absolute atomic E-state index is 0.101. The number of amides is 1. The van der Waals surface area contributed by atoms with Crippen LogP contribution in [0.3, 0.4) is 0 Å². The van der Waals surface area contributed by atoms with Gasteiger partial charge in [-0.2, -0.15) is 5.26 Å². The van der Waals surface area contributed by atoms with E-state index < -0.39 is 5.41 Å². The van der Waals surface area contributed by atoms with Gasteiger partial charge in [-0.05, 0) is 32.1 Å². The number of nitrogens with one attached hydrogen (secondary N) is 1. The topological polar surface area (TPSA) is 52.9 Å². The molecule has 0 aromatic rings. The summed E-state index contributed by atoms with van der Waals surface area (Å²) in [5.74, 6) is 0.439. The Morgan fingerprint density at radius 2 is 2.12 bits per heavy atom. The molecule has 0 radical (unpaired) electrons. The standard InChI is InChI=1S/C13H22N2O/c1-4-13(3,9-14)12(16)15-11-8-6-5-7-10(11)2/h10-11H,4-8H2,1-3H3,(H,15,16). The van der Waals surface area contributed by atoms with E-state index in [1.807, 2.05) is 6.92 Å². The molecule has 1 saturated carbocycles. The molecule has 3 unspecified atom stereocenters. The average molecular weight is 222 g/mol. The zero-order chi connectivity index (χ0) is 12.2. The van der Waals surface area contributed by atoms with Gasteiger partial charge in [-0.3, -0.25) is 4.79 Å². The van der Waals surface area contributed by atoms with Crippen LogP contribution in [0.25, 0.3) is 0 Å². The molecule has 0 spiro atoms. The minimum atomic E-state index is -0.864. The zero-order valence-corrected chi connectivity index (χ0v) is 10.5. The Balaban J connectivity index is 2.60. The largest absolute Gasteiger partial charge is 0.352 e. The molecule has 3 atom stereocenters. The average Bonchev–Trinajstić information content (AvgIpc) is 2.31. The molecule has 1 N–H and O–H groups in total. The molecule has 1 fully saturated rings. The van der Waals surface area contributed by atoms with Crippen LogP contribution in [-0.4, -0.2) is 11.9 Å². The van der Waals surface area contributed by atoms with E-state index in [0.29, 0.717) is 12.3 Å². The molecule has 1 rings (SSSR count). The lowest BCUT2D eigenvalue weighted by Gasteiger charge is -2.31. The van der Waals surface area contributed by atoms with E-state index >= 15 is 0 Å². The van der Waals surface area contributed by atoms with Gasteiger partial charge in [0.25, 0.3) is 0 Å². The molecule has 0 aromatic carbocycles. The van der Waals surface area contributed by atoms with E-state index in [1.54, 1.807) is 6.92 Å². The number of hydrogen-bond acceptors (Lipinski definition) is 2. The lowest BCUT2D eigenvalue weighted by molar-refractivity contribution is -0.128. The molecule has 0 aliphatic heterocycles. The summed E-state index contributed by atoms with van der Waals surface area (Å²) in [6.45, 7) is 5.78. The van der Waals surface area contributed by atoms with Gasteiger partial charge in [0.2, 0.25) is 5.91 Å². The quantitative estimate of drug-likeness (QED) is 0.798. The molecular weight excluding hydrogens is 200 g/mol. The number of hydrogen-bond donors (Lipinski definition) is 1. The predicted molar refractivity (Wildman–Crippen MR) is 63.6 cm³/mol. The Morgan fingerprint density at radius 1 is 1.50 bits per heavy atom. The van der Waals surface area contributed by atoms with Gasteiger partial charge in [0.15, 0.2) is 0 Å². The third-order valence-corrected chi connectivity index (χ3v) is 3.88. The molecular formula is C13H22N2O. The summed E-state index contributed by atoms with van der Waals surface area (Å²) in [4.78, 5) is 12.0. The molecule has 3 nitrogen and oxygen atoms in total. The Hall–Kier alpha value is -1.04. The molecule has 1 aliphatic carbocycles. The maximum atomic E-state index is 12.0. The van der Waals surface area contributed by atoms with E-state index in [0.717, 1.165) is 6.42 Å². The second-order valence-corrected chi connectivity index (χ2v) is 5.14. The summed E-state index contributed by atoms with van der Waals surface area (Å²) in [5, 5.41) is 12.1. The van der Waals surface area contributed by atoms with Crippen molar-refractivity contribution in [3.63, 3.8) is 0 Å². The molecule has 1 amide bonds. The van der Waals surface area contributed by atoms with Crippen LogP contribution in [0.5, 0.6) is 0 Å². The minimum Gasteiger partial charge on any atom is -0.352 e. The van der Waals surface area contributed by atoms with Crippen molar-refractivity contribution in [3.05, 3.63) is 0 Å². The molecule has 1 aliphatic rings. The monoisotopic (exact) mass is 222 g/mol. The third-order valence-electron chi connectivity index (χ3n) is 3.88. The molecule has 0 heterocycles. The van der Waals surface area contributed by atoms with Crippen LogP contribution < -0.4 is 5.32 Å². The molecule has 16 heavy (non-hydrogen) atoms. The summed E-state index contributed by atoms with van der Waals surface area (Å²) in [7, 11) is 0. The van der Waals surface area contributed by atoms with Crippen LogP contribution in [0.2, 0.25) is 0 Å². The van der Waals surface area contributed by atoms with Gasteiger partial charge >= 0.3 is 0 Å². The Morgan fingerprint density at radius 3 is 2.62 bits per heavy atom. The van der Waals surface area contributed by atoms with E-state index in [4.69, 9.17) is 5.26 Å². The first-order chi connectivity index (χ1) is 7.53. The van der Waals surface area contributed by atoms with Gasteiger partial charge in [-0.15, -0.1) is 0 Å². The van der Waals surface area contributed by atoms with Crippen LogP contribution in [0.15, 0.2) is 0 Å². The second kappa shape index (κ2) is 5.34. The van der Waals surface area contributed by atoms with Gasteiger partial charge in [0.05, 0.1) is 6.07 Å². The third kappa shape index (κ3) is 2.75. The molecule has 3 heteroatoms.